The molecule has 1 amide bonds. The van der Waals surface area contributed by atoms with Gasteiger partial charge in [-0.25, -0.2) is 8.42 Å². The zero-order valence-corrected chi connectivity index (χ0v) is 20.7. The topological polar surface area (TPSA) is 88.2 Å². The smallest absolute Gasteiger partial charge is 0.264 e. The van der Waals surface area contributed by atoms with Crippen LogP contribution in [-0.2, 0) is 14.8 Å². The van der Waals surface area contributed by atoms with Crippen molar-refractivity contribution < 1.29 is 22.7 Å². The third kappa shape index (κ3) is 5.26. The SMILES string of the molecule is O=C(CN(c1ccc2c(c1)OCCO2)S(=O)(=O)c1ccccc1)Nc1ccc(N2CCCCC2)cc1. The summed E-state index contributed by atoms with van der Waals surface area (Å²) >= 11 is 0. The first-order chi connectivity index (χ1) is 17.5. The molecule has 0 aromatic heterocycles. The Labute approximate surface area is 211 Å². The van der Waals surface area contributed by atoms with E-state index in [0.717, 1.165) is 23.1 Å². The molecule has 0 atom stereocenters. The summed E-state index contributed by atoms with van der Waals surface area (Å²) in [7, 11) is -4.02. The largest absolute Gasteiger partial charge is 0.486 e. The summed E-state index contributed by atoms with van der Waals surface area (Å²) in [6, 6.07) is 20.6. The zero-order chi connectivity index (χ0) is 25.0. The zero-order valence-electron chi connectivity index (χ0n) is 19.9. The van der Waals surface area contributed by atoms with E-state index in [1.54, 1.807) is 36.4 Å². The second-order valence-electron chi connectivity index (χ2n) is 8.80. The molecule has 0 aliphatic carbocycles. The fraction of sp³-hybridized carbons (Fsp3) is 0.296. The molecule has 3 aromatic carbocycles. The van der Waals surface area contributed by atoms with Gasteiger partial charge in [0, 0.05) is 30.5 Å². The maximum absolute atomic E-state index is 13.6. The number of anilines is 3. The summed E-state index contributed by atoms with van der Waals surface area (Å²) in [5, 5.41) is 2.84. The highest BCUT2D eigenvalue weighted by Crippen LogP contribution is 2.35. The Hall–Kier alpha value is -3.72. The molecule has 0 spiro atoms. The number of carbonyl (C=O) groups is 1. The van der Waals surface area contributed by atoms with Crippen LogP contribution in [-0.4, -0.2) is 47.2 Å². The van der Waals surface area contributed by atoms with Gasteiger partial charge in [-0.15, -0.1) is 0 Å². The van der Waals surface area contributed by atoms with Crippen LogP contribution in [0.15, 0.2) is 77.7 Å². The summed E-state index contributed by atoms with van der Waals surface area (Å²) in [6.45, 7) is 2.47. The molecule has 9 heteroatoms. The quantitative estimate of drug-likeness (QED) is 0.514. The average molecular weight is 508 g/mol. The van der Waals surface area contributed by atoms with Gasteiger partial charge in [0.25, 0.3) is 10.0 Å². The molecule has 1 N–H and O–H groups in total. The van der Waals surface area contributed by atoms with Gasteiger partial charge in [0.05, 0.1) is 10.6 Å². The van der Waals surface area contributed by atoms with Crippen LogP contribution < -0.4 is 24.0 Å². The van der Waals surface area contributed by atoms with Gasteiger partial charge in [-0.05, 0) is 67.8 Å². The van der Waals surface area contributed by atoms with E-state index in [1.807, 2.05) is 24.3 Å². The Morgan fingerprint density at radius 2 is 1.56 bits per heavy atom. The number of rotatable bonds is 7. The van der Waals surface area contributed by atoms with Gasteiger partial charge in [0.15, 0.2) is 11.5 Å². The Kier molecular flexibility index (Phi) is 6.99. The molecule has 36 heavy (non-hydrogen) atoms. The third-order valence-corrected chi connectivity index (χ3v) is 8.09. The van der Waals surface area contributed by atoms with Crippen molar-refractivity contribution in [1.82, 2.24) is 0 Å². The maximum Gasteiger partial charge on any atom is 0.264 e. The molecule has 8 nitrogen and oxygen atoms in total. The Balaban J connectivity index is 1.37. The normalized spacial score (nSPS) is 15.3. The van der Waals surface area contributed by atoms with Crippen molar-refractivity contribution >= 4 is 33.0 Å². The lowest BCUT2D eigenvalue weighted by molar-refractivity contribution is -0.114. The molecule has 2 aliphatic rings. The standard InChI is InChI=1S/C27H29N3O5S/c31-27(28-21-9-11-22(12-10-21)29-15-5-2-6-16-29)20-30(36(32,33)24-7-3-1-4-8-24)23-13-14-25-26(19-23)35-18-17-34-25/h1,3-4,7-14,19H,2,5-6,15-18,20H2,(H,28,31). The van der Waals surface area contributed by atoms with Crippen molar-refractivity contribution in [2.24, 2.45) is 0 Å². The molecule has 1 fully saturated rings. The second kappa shape index (κ2) is 10.5. The number of carbonyl (C=O) groups excluding carboxylic acids is 1. The Morgan fingerprint density at radius 1 is 0.861 bits per heavy atom. The van der Waals surface area contributed by atoms with Crippen molar-refractivity contribution in [3.8, 4) is 11.5 Å². The molecule has 0 unspecified atom stereocenters. The summed E-state index contributed by atoms with van der Waals surface area (Å²) in [4.78, 5) is 15.5. The number of fused-ring (bicyclic) bond motifs is 1. The van der Waals surface area contributed by atoms with Crippen LogP contribution in [0.5, 0.6) is 11.5 Å². The molecular formula is C27H29N3O5S. The van der Waals surface area contributed by atoms with Crippen molar-refractivity contribution in [3.05, 3.63) is 72.8 Å². The number of nitrogens with zero attached hydrogens (tertiary/aromatic N) is 2. The molecule has 0 bridgehead atoms. The van der Waals surface area contributed by atoms with E-state index in [1.165, 1.54) is 31.4 Å². The van der Waals surface area contributed by atoms with Gasteiger partial charge >= 0.3 is 0 Å². The van der Waals surface area contributed by atoms with Gasteiger partial charge in [0.2, 0.25) is 5.91 Å². The second-order valence-corrected chi connectivity index (χ2v) is 10.7. The highest BCUT2D eigenvalue weighted by atomic mass is 32.2. The van der Waals surface area contributed by atoms with Gasteiger partial charge in [-0.2, -0.15) is 0 Å². The average Bonchev–Trinajstić information content (AvgIpc) is 2.93. The van der Waals surface area contributed by atoms with Crippen molar-refractivity contribution in [2.75, 3.05) is 47.4 Å². The van der Waals surface area contributed by atoms with E-state index in [2.05, 4.69) is 10.2 Å². The van der Waals surface area contributed by atoms with Gasteiger partial charge in [0.1, 0.15) is 19.8 Å². The van der Waals surface area contributed by atoms with Crippen LogP contribution in [0.4, 0.5) is 17.1 Å². The van der Waals surface area contributed by atoms with Crippen LogP contribution >= 0.6 is 0 Å². The number of nitrogens with one attached hydrogen (secondary N) is 1. The van der Waals surface area contributed by atoms with Crippen LogP contribution in [0.25, 0.3) is 0 Å². The fourth-order valence-corrected chi connectivity index (χ4v) is 5.89. The minimum atomic E-state index is -4.02. The summed E-state index contributed by atoms with van der Waals surface area (Å²) < 4.78 is 39.5. The molecule has 0 radical (unpaired) electrons. The van der Waals surface area contributed by atoms with E-state index in [-0.39, 0.29) is 4.90 Å². The molecule has 2 heterocycles. The van der Waals surface area contributed by atoms with Gasteiger partial charge in [-0.3, -0.25) is 9.10 Å². The van der Waals surface area contributed by atoms with E-state index >= 15 is 0 Å². The Bertz CT molecular complexity index is 1310. The number of hydrogen-bond donors (Lipinski definition) is 1. The minimum Gasteiger partial charge on any atom is -0.486 e. The predicted octanol–water partition coefficient (Wildman–Crippen LogP) is 4.28. The highest BCUT2D eigenvalue weighted by Gasteiger charge is 2.28. The van der Waals surface area contributed by atoms with E-state index in [9.17, 15) is 13.2 Å². The molecule has 3 aromatic rings. The van der Waals surface area contributed by atoms with Crippen LogP contribution in [0.2, 0.25) is 0 Å². The van der Waals surface area contributed by atoms with E-state index < -0.39 is 22.5 Å². The number of ether oxygens (including phenoxy) is 2. The summed E-state index contributed by atoms with van der Waals surface area (Å²) in [6.07, 6.45) is 3.63. The number of piperidine rings is 1. The highest BCUT2D eigenvalue weighted by molar-refractivity contribution is 7.92. The van der Waals surface area contributed by atoms with Gasteiger partial charge < -0.3 is 19.7 Å². The molecular weight excluding hydrogens is 478 g/mol. The maximum atomic E-state index is 13.6. The first kappa shape index (κ1) is 24.0. The molecule has 5 rings (SSSR count). The van der Waals surface area contributed by atoms with E-state index in [0.29, 0.717) is 36.1 Å². The van der Waals surface area contributed by atoms with Crippen LogP contribution in [0, 0.1) is 0 Å². The minimum absolute atomic E-state index is 0.0959. The molecule has 2 aliphatic heterocycles. The van der Waals surface area contributed by atoms with E-state index in [4.69, 9.17) is 9.47 Å². The summed E-state index contributed by atoms with van der Waals surface area (Å²) in [5.41, 5.74) is 2.05. The molecule has 188 valence electrons. The number of benzene rings is 3. The number of sulfonamides is 1. The fourth-order valence-electron chi connectivity index (χ4n) is 4.46. The predicted molar refractivity (Wildman–Crippen MR) is 140 cm³/mol. The van der Waals surface area contributed by atoms with Crippen molar-refractivity contribution in [2.45, 2.75) is 24.2 Å². The first-order valence-electron chi connectivity index (χ1n) is 12.1. The lowest BCUT2D eigenvalue weighted by atomic mass is 10.1. The van der Waals surface area contributed by atoms with Crippen LogP contribution in [0.3, 0.4) is 0 Å². The molecule has 0 saturated carbocycles. The van der Waals surface area contributed by atoms with Gasteiger partial charge in [-0.1, -0.05) is 18.2 Å². The van der Waals surface area contributed by atoms with Crippen molar-refractivity contribution in [1.29, 1.82) is 0 Å². The van der Waals surface area contributed by atoms with Crippen molar-refractivity contribution in [3.63, 3.8) is 0 Å². The number of hydrogen-bond acceptors (Lipinski definition) is 6. The lowest BCUT2D eigenvalue weighted by Gasteiger charge is -2.29. The monoisotopic (exact) mass is 507 g/mol. The summed E-state index contributed by atoms with van der Waals surface area (Å²) in [5.74, 6) is 0.538. The lowest BCUT2D eigenvalue weighted by Crippen LogP contribution is -2.38. The number of amides is 1. The first-order valence-corrected chi connectivity index (χ1v) is 13.6. The molecule has 1 saturated heterocycles. The Morgan fingerprint density at radius 3 is 2.28 bits per heavy atom. The third-order valence-electron chi connectivity index (χ3n) is 6.30. The van der Waals surface area contributed by atoms with Crippen LogP contribution in [0.1, 0.15) is 19.3 Å².